The van der Waals surface area contributed by atoms with Gasteiger partial charge in [0.15, 0.2) is 0 Å². The van der Waals surface area contributed by atoms with Crippen LogP contribution in [0.15, 0.2) is 60.7 Å². The highest BCUT2D eigenvalue weighted by molar-refractivity contribution is 5.95. The molecule has 372 valence electrons. The van der Waals surface area contributed by atoms with Gasteiger partial charge in [-0.3, -0.25) is 24.1 Å². The van der Waals surface area contributed by atoms with Gasteiger partial charge < -0.3 is 46.3 Å². The third kappa shape index (κ3) is 21.5. The van der Waals surface area contributed by atoms with Crippen LogP contribution in [0.1, 0.15) is 124 Å². The summed E-state index contributed by atoms with van der Waals surface area (Å²) < 4.78 is 11.0. The summed E-state index contributed by atoms with van der Waals surface area (Å²) in [5, 5.41) is 16.9. The molecule has 1 fully saturated rings. The molecule has 8 amide bonds. The fourth-order valence-electron chi connectivity index (χ4n) is 7.60. The number of likely N-dealkylation sites (tertiary alicyclic amines) is 1. The number of carbonyl (C=O) groups is 7. The van der Waals surface area contributed by atoms with E-state index in [1.165, 1.54) is 4.90 Å². The third-order valence-electron chi connectivity index (χ3n) is 10.9. The summed E-state index contributed by atoms with van der Waals surface area (Å²) in [7, 11) is 1.54. The van der Waals surface area contributed by atoms with Gasteiger partial charge in [0.05, 0.1) is 0 Å². The average Bonchev–Trinajstić information content (AvgIpc) is 3.25. The molecule has 0 radical (unpaired) electrons. The zero-order valence-electron chi connectivity index (χ0n) is 41.5. The van der Waals surface area contributed by atoms with E-state index in [1.807, 2.05) is 81.4 Å². The number of unbranched alkanes of at least 4 members (excludes halogenated alkanes) is 2. The van der Waals surface area contributed by atoms with Gasteiger partial charge in [-0.05, 0) is 96.6 Å². The second kappa shape index (κ2) is 27.1. The first-order valence-corrected chi connectivity index (χ1v) is 23.7. The van der Waals surface area contributed by atoms with E-state index in [9.17, 15) is 33.6 Å². The van der Waals surface area contributed by atoms with Crippen LogP contribution >= 0.6 is 0 Å². The first-order chi connectivity index (χ1) is 31.5. The first kappa shape index (κ1) is 55.5. The molecule has 67 heavy (non-hydrogen) atoms. The maximum Gasteiger partial charge on any atom is 0.410 e. The van der Waals surface area contributed by atoms with Crippen LogP contribution in [0.5, 0.6) is 0 Å². The van der Waals surface area contributed by atoms with E-state index in [1.54, 1.807) is 53.5 Å². The van der Waals surface area contributed by atoms with Crippen molar-refractivity contribution in [1.29, 1.82) is 0 Å². The van der Waals surface area contributed by atoms with Crippen LogP contribution in [0.4, 0.5) is 14.4 Å². The molecule has 4 atom stereocenters. The number of nitrogens with zero attached hydrogens (tertiary/aromatic N) is 2. The smallest absolute Gasteiger partial charge is 0.410 e. The summed E-state index contributed by atoms with van der Waals surface area (Å²) in [5.41, 5.74) is 0.286. The van der Waals surface area contributed by atoms with Gasteiger partial charge in [-0.1, -0.05) is 94.3 Å². The van der Waals surface area contributed by atoms with E-state index in [-0.39, 0.29) is 55.7 Å². The van der Waals surface area contributed by atoms with Crippen molar-refractivity contribution in [3.63, 3.8) is 0 Å². The predicted octanol–water partition coefficient (Wildman–Crippen LogP) is 5.78. The SMILES string of the molecule is CNC(=O)NC1CCN(C(=O)[C@@H](CCCCCNC(=O)OC(C)(C)C)NC(=O)[C@@H](CC(C)C)NC(=O)[C@@H](Cc2ccccc2)NC(=O)CN(C[C@H](C)c2ccccc2)C(=O)OC(C)(C)C)CC1. The molecule has 0 aliphatic carbocycles. The minimum absolute atomic E-state index is 0.0503. The second-order valence-corrected chi connectivity index (χ2v) is 19.8. The number of ether oxygens (including phenoxy) is 2. The number of rotatable bonds is 22. The Labute approximate surface area is 398 Å². The molecule has 17 heteroatoms. The van der Waals surface area contributed by atoms with Crippen LogP contribution in [0.3, 0.4) is 0 Å². The number of hydrogen-bond acceptors (Lipinski definition) is 9. The van der Waals surface area contributed by atoms with Crippen molar-refractivity contribution in [2.75, 3.05) is 39.8 Å². The lowest BCUT2D eigenvalue weighted by atomic mass is 9.99. The van der Waals surface area contributed by atoms with Gasteiger partial charge in [0.25, 0.3) is 0 Å². The highest BCUT2D eigenvalue weighted by Crippen LogP contribution is 2.20. The highest BCUT2D eigenvalue weighted by atomic mass is 16.6. The third-order valence-corrected chi connectivity index (χ3v) is 10.9. The zero-order valence-corrected chi connectivity index (χ0v) is 41.5. The summed E-state index contributed by atoms with van der Waals surface area (Å²) in [4.78, 5) is 97.5. The van der Waals surface area contributed by atoms with E-state index in [0.29, 0.717) is 58.2 Å². The maximum absolute atomic E-state index is 14.4. The first-order valence-electron chi connectivity index (χ1n) is 23.7. The van der Waals surface area contributed by atoms with Gasteiger partial charge in [-0.2, -0.15) is 0 Å². The molecule has 0 saturated carbocycles. The zero-order chi connectivity index (χ0) is 49.7. The molecule has 1 heterocycles. The van der Waals surface area contributed by atoms with Crippen molar-refractivity contribution in [2.45, 2.75) is 155 Å². The van der Waals surface area contributed by atoms with E-state index in [2.05, 4.69) is 31.9 Å². The molecule has 1 aliphatic rings. The molecule has 0 aromatic heterocycles. The number of urea groups is 1. The van der Waals surface area contributed by atoms with E-state index < -0.39 is 59.2 Å². The minimum Gasteiger partial charge on any atom is -0.444 e. The van der Waals surface area contributed by atoms with Crippen molar-refractivity contribution in [1.82, 2.24) is 41.7 Å². The largest absolute Gasteiger partial charge is 0.444 e. The highest BCUT2D eigenvalue weighted by Gasteiger charge is 2.34. The standard InChI is InChI=1S/C50H78N8O9/c1-34(2)30-40(43(60)55-39(24-18-13-19-27-52-47(64)66-49(4,5)6)45(62)57-28-25-38(26-29-57)53-46(63)51-10)56-44(61)41(31-36-20-14-11-15-21-36)54-42(59)33-58(48(65)67-50(7,8)9)32-35(3)37-22-16-12-17-23-37/h11-12,14-17,20-23,34-35,38-41H,13,18-19,24-33H2,1-10H3,(H,52,64)(H,54,59)(H,55,60)(H,56,61)(H2,51,53,63)/t35-,39+,40+,41+/m0/s1. The van der Waals surface area contributed by atoms with E-state index in [0.717, 1.165) is 11.1 Å². The van der Waals surface area contributed by atoms with Gasteiger partial charge in [0.2, 0.25) is 23.6 Å². The molecule has 1 saturated heterocycles. The molecular formula is C50H78N8O9. The second-order valence-electron chi connectivity index (χ2n) is 19.8. The molecule has 17 nitrogen and oxygen atoms in total. The molecule has 2 aromatic rings. The Morgan fingerprint density at radius 1 is 0.731 bits per heavy atom. The summed E-state index contributed by atoms with van der Waals surface area (Å²) in [5.74, 6) is -2.20. The van der Waals surface area contributed by atoms with Crippen LogP contribution in [-0.2, 0) is 35.1 Å². The van der Waals surface area contributed by atoms with Crippen molar-refractivity contribution < 1.29 is 43.0 Å². The Balaban J connectivity index is 1.82. The predicted molar refractivity (Wildman–Crippen MR) is 258 cm³/mol. The molecule has 1 aliphatic heterocycles. The Bertz CT molecular complexity index is 1890. The number of piperidine rings is 1. The summed E-state index contributed by atoms with van der Waals surface area (Å²) in [6, 6.07) is 15.3. The number of benzene rings is 2. The van der Waals surface area contributed by atoms with Crippen LogP contribution in [0, 0.1) is 5.92 Å². The van der Waals surface area contributed by atoms with E-state index in [4.69, 9.17) is 9.47 Å². The lowest BCUT2D eigenvalue weighted by Crippen LogP contribution is -2.59. The minimum atomic E-state index is -1.14. The summed E-state index contributed by atoms with van der Waals surface area (Å²) in [6.07, 6.45) is 2.35. The molecule has 0 spiro atoms. The number of nitrogens with one attached hydrogen (secondary N) is 6. The normalized spacial score (nSPS) is 14.9. The summed E-state index contributed by atoms with van der Waals surface area (Å²) >= 11 is 0. The molecule has 0 bridgehead atoms. The van der Waals surface area contributed by atoms with Crippen molar-refractivity contribution in [2.24, 2.45) is 5.92 Å². The molecular weight excluding hydrogens is 857 g/mol. The van der Waals surface area contributed by atoms with Crippen LogP contribution in [0.2, 0.25) is 0 Å². The van der Waals surface area contributed by atoms with Crippen LogP contribution in [-0.4, -0.2) is 127 Å². The molecule has 2 aromatic carbocycles. The number of alkyl carbamates (subject to hydrolysis) is 1. The lowest BCUT2D eigenvalue weighted by molar-refractivity contribution is -0.138. The molecule has 6 N–H and O–H groups in total. The molecule has 0 unspecified atom stereocenters. The van der Waals surface area contributed by atoms with Crippen molar-refractivity contribution in [3.8, 4) is 0 Å². The Kier molecular flexibility index (Phi) is 22.4. The van der Waals surface area contributed by atoms with Gasteiger partial charge in [0, 0.05) is 45.7 Å². The van der Waals surface area contributed by atoms with Gasteiger partial charge in [-0.15, -0.1) is 0 Å². The summed E-state index contributed by atoms with van der Waals surface area (Å²) in [6.45, 7) is 17.3. The fourth-order valence-corrected chi connectivity index (χ4v) is 7.60. The van der Waals surface area contributed by atoms with E-state index >= 15 is 0 Å². The van der Waals surface area contributed by atoms with Crippen LogP contribution < -0.4 is 31.9 Å². The Hall–Kier alpha value is -5.87. The Morgan fingerprint density at radius 3 is 1.90 bits per heavy atom. The average molecular weight is 935 g/mol. The molecule has 3 rings (SSSR count). The fraction of sp³-hybridized carbons (Fsp3) is 0.620. The number of carbonyl (C=O) groups excluding carboxylic acids is 7. The van der Waals surface area contributed by atoms with Crippen molar-refractivity contribution >= 4 is 41.8 Å². The van der Waals surface area contributed by atoms with Gasteiger partial charge >= 0.3 is 18.2 Å². The monoisotopic (exact) mass is 935 g/mol. The Morgan fingerprint density at radius 2 is 1.31 bits per heavy atom. The van der Waals surface area contributed by atoms with Gasteiger partial charge in [-0.25, -0.2) is 14.4 Å². The maximum atomic E-state index is 14.4. The van der Waals surface area contributed by atoms with Gasteiger partial charge in [0.1, 0.15) is 35.9 Å². The quantitative estimate of drug-likeness (QED) is 0.0789. The van der Waals surface area contributed by atoms with Crippen LogP contribution in [0.25, 0.3) is 0 Å². The topological polar surface area (TPSA) is 217 Å². The number of hydrogen-bond donors (Lipinski definition) is 6. The van der Waals surface area contributed by atoms with Crippen molar-refractivity contribution in [3.05, 3.63) is 71.8 Å². The number of amides is 8. The lowest BCUT2D eigenvalue weighted by Gasteiger charge is -2.35.